The molecule has 296 valence electrons. The minimum absolute atomic E-state index is 0.0146. The first-order valence-electron chi connectivity index (χ1n) is 20.1. The van der Waals surface area contributed by atoms with E-state index in [2.05, 4.69) is 54.5 Å². The van der Waals surface area contributed by atoms with Crippen LogP contribution in [0.4, 0.5) is 0 Å². The Hall–Kier alpha value is -1.15. The van der Waals surface area contributed by atoms with Gasteiger partial charge in [0.1, 0.15) is 36.6 Å². The van der Waals surface area contributed by atoms with Crippen molar-refractivity contribution >= 4 is 5.97 Å². The van der Waals surface area contributed by atoms with Gasteiger partial charge in [-0.15, -0.1) is 0 Å². The Morgan fingerprint density at radius 2 is 1.48 bits per heavy atom. The highest BCUT2D eigenvalue weighted by molar-refractivity contribution is 5.76. The van der Waals surface area contributed by atoms with E-state index in [-0.39, 0.29) is 45.7 Å². The summed E-state index contributed by atoms with van der Waals surface area (Å²) in [5.74, 6) is 0.219. The highest BCUT2D eigenvalue weighted by atomic mass is 16.8. The highest BCUT2D eigenvalue weighted by Crippen LogP contribution is 2.76. The molecule has 5 aliphatic carbocycles. The zero-order valence-corrected chi connectivity index (χ0v) is 32.6. The van der Waals surface area contributed by atoms with Crippen molar-refractivity contribution < 1.29 is 54.4 Å². The van der Waals surface area contributed by atoms with Crippen LogP contribution in [0.1, 0.15) is 120 Å². The number of rotatable bonds is 5. The molecule has 52 heavy (non-hydrogen) atoms. The second-order valence-electron chi connectivity index (χ2n) is 20.2. The van der Waals surface area contributed by atoms with Crippen molar-refractivity contribution in [3.63, 3.8) is 0 Å². The summed E-state index contributed by atoms with van der Waals surface area (Å²) in [5, 5.41) is 63.6. The lowest BCUT2D eigenvalue weighted by atomic mass is 9.33. The fourth-order valence-electron chi connectivity index (χ4n) is 13.3. The Kier molecular flexibility index (Phi) is 9.74. The van der Waals surface area contributed by atoms with Gasteiger partial charge in [0.25, 0.3) is 0 Å². The molecule has 11 nitrogen and oxygen atoms in total. The summed E-state index contributed by atoms with van der Waals surface area (Å²) >= 11 is 0. The molecule has 0 aromatic heterocycles. The summed E-state index contributed by atoms with van der Waals surface area (Å²) in [6, 6.07) is 0. The normalized spacial score (nSPS) is 54.1. The summed E-state index contributed by atoms with van der Waals surface area (Å²) in [6.45, 7) is 18.1. The van der Waals surface area contributed by atoms with Crippen LogP contribution in [0.3, 0.4) is 0 Å². The highest BCUT2D eigenvalue weighted by Gasteiger charge is 2.69. The van der Waals surface area contributed by atoms with Crippen molar-refractivity contribution in [2.75, 3.05) is 6.61 Å². The van der Waals surface area contributed by atoms with Gasteiger partial charge in [0.15, 0.2) is 12.6 Å². The molecule has 6 N–H and O–H groups in total. The molecule has 2 aliphatic heterocycles. The van der Waals surface area contributed by atoms with Gasteiger partial charge in [-0.1, -0.05) is 60.1 Å². The molecule has 17 atom stereocenters. The molecule has 7 aliphatic rings. The molecule has 4 saturated carbocycles. The van der Waals surface area contributed by atoms with Gasteiger partial charge in [-0.2, -0.15) is 0 Å². The first-order chi connectivity index (χ1) is 24.1. The number of hydrogen-bond donors (Lipinski definition) is 6. The van der Waals surface area contributed by atoms with Gasteiger partial charge >= 0.3 is 5.97 Å². The number of carboxylic acid groups (broad SMARTS) is 1. The minimum atomic E-state index is -1.58. The average Bonchev–Trinajstić information content (AvgIpc) is 3.06. The number of aliphatic hydroxyl groups is 5. The summed E-state index contributed by atoms with van der Waals surface area (Å²) in [4.78, 5) is 13.0. The van der Waals surface area contributed by atoms with Crippen LogP contribution in [0.15, 0.2) is 11.6 Å². The zero-order valence-electron chi connectivity index (χ0n) is 32.6. The number of aliphatic carboxylic acids is 1. The van der Waals surface area contributed by atoms with E-state index in [0.29, 0.717) is 11.8 Å². The monoisotopic (exact) mass is 734 g/mol. The number of ether oxygens (including phenoxy) is 4. The summed E-state index contributed by atoms with van der Waals surface area (Å²) in [5.41, 5.74) is 0.579. The van der Waals surface area contributed by atoms with Crippen LogP contribution in [0.2, 0.25) is 0 Å². The molecular formula is C41H66O11. The van der Waals surface area contributed by atoms with E-state index < -0.39 is 66.7 Å². The lowest BCUT2D eigenvalue weighted by molar-refractivity contribution is -0.364. The largest absolute Gasteiger partial charge is 0.481 e. The number of hydrogen-bond acceptors (Lipinski definition) is 10. The van der Waals surface area contributed by atoms with Gasteiger partial charge in [-0.3, -0.25) is 4.79 Å². The van der Waals surface area contributed by atoms with E-state index in [9.17, 15) is 35.4 Å². The summed E-state index contributed by atoms with van der Waals surface area (Å²) in [7, 11) is 0. The first-order valence-corrected chi connectivity index (χ1v) is 20.1. The van der Waals surface area contributed by atoms with Crippen LogP contribution in [-0.2, 0) is 23.7 Å². The van der Waals surface area contributed by atoms with Gasteiger partial charge < -0.3 is 49.6 Å². The van der Waals surface area contributed by atoms with Gasteiger partial charge in [0, 0.05) is 0 Å². The number of carboxylic acids is 1. The number of fused-ring (bicyclic) bond motifs is 7. The molecule has 2 saturated heterocycles. The Morgan fingerprint density at radius 1 is 0.788 bits per heavy atom. The van der Waals surface area contributed by atoms with E-state index in [1.54, 1.807) is 6.92 Å². The number of carbonyl (C=O) groups is 1. The predicted octanol–water partition coefficient (Wildman–Crippen LogP) is 4.55. The maximum Gasteiger partial charge on any atom is 0.310 e. The molecule has 6 fully saturated rings. The van der Waals surface area contributed by atoms with Crippen LogP contribution in [0.25, 0.3) is 0 Å². The quantitative estimate of drug-likeness (QED) is 0.173. The SMILES string of the molecule is C[C@@H]1O[C@@H](O[C@H]2[C@H](O[C@H]3CC[C@]4(C)[C@H]5CC=C6[C@@H]7CC(C)(C)CC[C@]7(C(=O)O)CC[C@@]6(C)[C@]5(C)CC[C@H]4C3(C)C)OC[C@@H](O)[C@@H]2O)[C@H](O)[C@H](O)[C@H]1O. The van der Waals surface area contributed by atoms with Crippen molar-refractivity contribution in [2.24, 2.45) is 50.2 Å². The number of allylic oxidation sites excluding steroid dienone is 2. The van der Waals surface area contributed by atoms with Gasteiger partial charge in [-0.05, 0) is 116 Å². The summed E-state index contributed by atoms with van der Waals surface area (Å²) in [6.07, 6.45) is -0.253. The van der Waals surface area contributed by atoms with E-state index in [4.69, 9.17) is 18.9 Å². The third-order valence-electron chi connectivity index (χ3n) is 16.8. The van der Waals surface area contributed by atoms with Crippen molar-refractivity contribution in [2.45, 2.75) is 181 Å². The molecule has 2 heterocycles. The first kappa shape index (κ1) is 39.1. The van der Waals surface area contributed by atoms with Crippen LogP contribution < -0.4 is 0 Å². The lowest BCUT2D eigenvalue weighted by Gasteiger charge is -2.71. The van der Waals surface area contributed by atoms with Crippen LogP contribution in [0, 0.1) is 50.2 Å². The average molecular weight is 735 g/mol. The van der Waals surface area contributed by atoms with E-state index in [1.165, 1.54) is 5.57 Å². The van der Waals surface area contributed by atoms with Crippen molar-refractivity contribution in [1.29, 1.82) is 0 Å². The van der Waals surface area contributed by atoms with E-state index in [1.807, 2.05) is 0 Å². The van der Waals surface area contributed by atoms with Crippen molar-refractivity contribution in [1.82, 2.24) is 0 Å². The Bertz CT molecular complexity index is 1410. The third-order valence-corrected chi connectivity index (χ3v) is 16.8. The van der Waals surface area contributed by atoms with Crippen LogP contribution in [0.5, 0.6) is 0 Å². The maximum atomic E-state index is 13.0. The molecule has 0 unspecified atom stereocenters. The van der Waals surface area contributed by atoms with E-state index in [0.717, 1.165) is 64.2 Å². The predicted molar refractivity (Wildman–Crippen MR) is 191 cm³/mol. The molecule has 0 aromatic rings. The number of aliphatic hydroxyl groups excluding tert-OH is 5. The third kappa shape index (κ3) is 5.64. The Morgan fingerprint density at radius 3 is 2.17 bits per heavy atom. The van der Waals surface area contributed by atoms with Crippen LogP contribution >= 0.6 is 0 Å². The molecule has 0 radical (unpaired) electrons. The standard InChI is InChI=1S/C41H66O11/c1-21-28(43)30(45)31(46)33(50-21)52-32-29(44)24(42)20-49-34(32)51-27-12-13-38(6)25(37(27,4)5)11-14-40(8)26(38)10-9-22-23-19-36(2,3)15-17-41(23,35(47)48)18-16-39(22,40)7/h9,21,23-34,42-46H,10-20H2,1-8H3,(H,47,48)/t21-,23-,24+,25-,26+,27-,28-,29-,30+,31+,32+,33-,34-,38-,39+,40+,41-/m0/s1. The molecule has 0 spiro atoms. The second-order valence-corrected chi connectivity index (χ2v) is 20.2. The molecule has 7 rings (SSSR count). The summed E-state index contributed by atoms with van der Waals surface area (Å²) < 4.78 is 24.5. The fourth-order valence-corrected chi connectivity index (χ4v) is 13.3. The molecule has 11 heteroatoms. The second kappa shape index (κ2) is 12.9. The molecular weight excluding hydrogens is 668 g/mol. The van der Waals surface area contributed by atoms with Gasteiger partial charge in [-0.25, -0.2) is 0 Å². The maximum absolute atomic E-state index is 13.0. The smallest absolute Gasteiger partial charge is 0.310 e. The van der Waals surface area contributed by atoms with Crippen LogP contribution in [-0.4, -0.2) is 105 Å². The minimum Gasteiger partial charge on any atom is -0.481 e. The topological polar surface area (TPSA) is 175 Å². The molecule has 0 bridgehead atoms. The zero-order chi connectivity index (χ0) is 38.0. The van der Waals surface area contributed by atoms with Gasteiger partial charge in [0.05, 0.1) is 24.2 Å². The molecule has 0 amide bonds. The Labute approximate surface area is 309 Å². The Balaban J connectivity index is 1.13. The molecule has 0 aromatic carbocycles. The lowest BCUT2D eigenvalue weighted by Crippen LogP contribution is -2.66. The van der Waals surface area contributed by atoms with E-state index >= 15 is 0 Å². The fraction of sp³-hybridized carbons (Fsp3) is 0.927. The van der Waals surface area contributed by atoms with Crippen molar-refractivity contribution in [3.8, 4) is 0 Å². The van der Waals surface area contributed by atoms with Gasteiger partial charge in [0.2, 0.25) is 0 Å². The van der Waals surface area contributed by atoms with Crippen molar-refractivity contribution in [3.05, 3.63) is 11.6 Å².